The summed E-state index contributed by atoms with van der Waals surface area (Å²) in [5.41, 5.74) is 3.74. The first-order valence-corrected chi connectivity index (χ1v) is 9.57. The number of benzene rings is 2. The fraction of sp³-hybridized carbons (Fsp3) is 0.318. The van der Waals surface area contributed by atoms with Gasteiger partial charge in [-0.25, -0.2) is 0 Å². The number of carbonyl (C=O) groups is 1. The van der Waals surface area contributed by atoms with Crippen LogP contribution in [0.2, 0.25) is 0 Å². The number of aryl methyl sites for hydroxylation is 2. The van der Waals surface area contributed by atoms with Crippen molar-refractivity contribution in [1.29, 1.82) is 0 Å². The molecular weight excluding hydrogens is 336 g/mol. The third-order valence-electron chi connectivity index (χ3n) is 5.86. The summed E-state index contributed by atoms with van der Waals surface area (Å²) in [5, 5.41) is 8.40. The summed E-state index contributed by atoms with van der Waals surface area (Å²) >= 11 is 0. The van der Waals surface area contributed by atoms with Gasteiger partial charge in [-0.2, -0.15) is 0 Å². The van der Waals surface area contributed by atoms with Crippen molar-refractivity contribution in [2.45, 2.75) is 38.3 Å². The predicted octanol–water partition coefficient (Wildman–Crippen LogP) is 3.25. The van der Waals surface area contributed by atoms with Crippen LogP contribution in [0.5, 0.6) is 0 Å². The van der Waals surface area contributed by atoms with Gasteiger partial charge >= 0.3 is 0 Å². The number of carbonyl (C=O) groups excluding carboxylic acids is 1. The standard InChI is InChI=1S/C22H22N4O/c1-15-23-24-20-12-11-19(26(15)20)22(27)25-14-13-16-7-5-6-10-18(16)21(25)17-8-3-2-4-9-17/h2-10,19,21H,11-14H2,1H3/t19?,21-/m0/s1. The van der Waals surface area contributed by atoms with Crippen molar-refractivity contribution in [2.24, 2.45) is 0 Å². The van der Waals surface area contributed by atoms with Crippen LogP contribution in [0.3, 0.4) is 0 Å². The van der Waals surface area contributed by atoms with Gasteiger partial charge in [-0.1, -0.05) is 54.6 Å². The molecule has 0 bridgehead atoms. The number of aromatic nitrogens is 3. The van der Waals surface area contributed by atoms with E-state index in [2.05, 4.69) is 51.5 Å². The van der Waals surface area contributed by atoms with Gasteiger partial charge in [0, 0.05) is 13.0 Å². The normalized spacial score (nSPS) is 21.0. The molecule has 2 atom stereocenters. The molecule has 0 aliphatic carbocycles. The molecule has 0 N–H and O–H groups in total. The predicted molar refractivity (Wildman–Crippen MR) is 102 cm³/mol. The average Bonchev–Trinajstić information content (AvgIpc) is 3.30. The quantitative estimate of drug-likeness (QED) is 0.707. The Bertz CT molecular complexity index is 995. The van der Waals surface area contributed by atoms with E-state index in [1.807, 2.05) is 29.7 Å². The summed E-state index contributed by atoms with van der Waals surface area (Å²) in [6, 6.07) is 18.6. The second-order valence-corrected chi connectivity index (χ2v) is 7.38. The van der Waals surface area contributed by atoms with Crippen LogP contribution in [0.15, 0.2) is 54.6 Å². The Morgan fingerprint density at radius 2 is 1.78 bits per heavy atom. The number of nitrogens with zero attached hydrogens (tertiary/aromatic N) is 4. The molecule has 5 rings (SSSR count). The average molecular weight is 358 g/mol. The molecule has 27 heavy (non-hydrogen) atoms. The van der Waals surface area contributed by atoms with Crippen molar-refractivity contribution >= 4 is 5.91 Å². The van der Waals surface area contributed by atoms with Gasteiger partial charge in [0.15, 0.2) is 0 Å². The highest BCUT2D eigenvalue weighted by atomic mass is 16.2. The van der Waals surface area contributed by atoms with Crippen LogP contribution in [0.25, 0.3) is 0 Å². The summed E-state index contributed by atoms with van der Waals surface area (Å²) in [4.78, 5) is 15.7. The Morgan fingerprint density at radius 1 is 1.00 bits per heavy atom. The maximum absolute atomic E-state index is 13.7. The van der Waals surface area contributed by atoms with E-state index in [9.17, 15) is 4.79 Å². The van der Waals surface area contributed by atoms with Gasteiger partial charge in [0.05, 0.1) is 6.04 Å². The smallest absolute Gasteiger partial charge is 0.246 e. The van der Waals surface area contributed by atoms with Crippen molar-refractivity contribution in [1.82, 2.24) is 19.7 Å². The van der Waals surface area contributed by atoms with Crippen molar-refractivity contribution in [3.05, 3.63) is 82.9 Å². The second-order valence-electron chi connectivity index (χ2n) is 7.38. The van der Waals surface area contributed by atoms with Gasteiger partial charge in [0.1, 0.15) is 17.7 Å². The van der Waals surface area contributed by atoms with Gasteiger partial charge < -0.3 is 9.47 Å². The molecule has 1 amide bonds. The Labute approximate surface area is 158 Å². The minimum atomic E-state index is -0.188. The van der Waals surface area contributed by atoms with E-state index in [-0.39, 0.29) is 18.0 Å². The Kier molecular flexibility index (Phi) is 3.81. The maximum atomic E-state index is 13.7. The van der Waals surface area contributed by atoms with Crippen molar-refractivity contribution in [2.75, 3.05) is 6.54 Å². The molecular formula is C22H22N4O. The monoisotopic (exact) mass is 358 g/mol. The zero-order valence-electron chi connectivity index (χ0n) is 15.4. The van der Waals surface area contributed by atoms with Gasteiger partial charge in [0.2, 0.25) is 5.91 Å². The molecule has 0 saturated heterocycles. The lowest BCUT2D eigenvalue weighted by Gasteiger charge is -2.39. The molecule has 0 fully saturated rings. The number of hydrogen-bond acceptors (Lipinski definition) is 3. The van der Waals surface area contributed by atoms with E-state index in [1.165, 1.54) is 11.1 Å². The number of rotatable bonds is 2. The van der Waals surface area contributed by atoms with Gasteiger partial charge in [-0.15, -0.1) is 10.2 Å². The number of amides is 1. The van der Waals surface area contributed by atoms with Crippen LogP contribution in [-0.2, 0) is 17.6 Å². The van der Waals surface area contributed by atoms with Crippen LogP contribution in [0.4, 0.5) is 0 Å². The minimum absolute atomic E-state index is 0.0375. The SMILES string of the molecule is Cc1nnc2n1C(C(=O)N1CCc3ccccc3[C@@H]1c1ccccc1)CC2. The minimum Gasteiger partial charge on any atom is -0.329 e. The first-order chi connectivity index (χ1) is 13.2. The number of fused-ring (bicyclic) bond motifs is 2. The molecule has 5 heteroatoms. The first kappa shape index (κ1) is 16.2. The summed E-state index contributed by atoms with van der Waals surface area (Å²) < 4.78 is 2.03. The van der Waals surface area contributed by atoms with Gasteiger partial charge in [0.25, 0.3) is 0 Å². The third-order valence-corrected chi connectivity index (χ3v) is 5.86. The van der Waals surface area contributed by atoms with Crippen LogP contribution in [0.1, 0.15) is 46.8 Å². The summed E-state index contributed by atoms with van der Waals surface area (Å²) in [7, 11) is 0. The molecule has 1 unspecified atom stereocenters. The van der Waals surface area contributed by atoms with Crippen molar-refractivity contribution in [3.63, 3.8) is 0 Å². The zero-order chi connectivity index (χ0) is 18.4. The van der Waals surface area contributed by atoms with E-state index in [1.54, 1.807) is 0 Å². The van der Waals surface area contributed by atoms with Crippen LogP contribution < -0.4 is 0 Å². The Morgan fingerprint density at radius 3 is 2.63 bits per heavy atom. The largest absolute Gasteiger partial charge is 0.329 e. The van der Waals surface area contributed by atoms with Gasteiger partial charge in [-0.3, -0.25) is 4.79 Å². The topological polar surface area (TPSA) is 51.0 Å². The summed E-state index contributed by atoms with van der Waals surface area (Å²) in [6.07, 6.45) is 2.52. The molecule has 1 aromatic heterocycles. The lowest BCUT2D eigenvalue weighted by molar-refractivity contribution is -0.136. The zero-order valence-corrected chi connectivity index (χ0v) is 15.4. The van der Waals surface area contributed by atoms with Crippen LogP contribution in [0, 0.1) is 6.92 Å². The lowest BCUT2D eigenvalue weighted by atomic mass is 9.87. The molecule has 0 radical (unpaired) electrons. The fourth-order valence-electron chi connectivity index (χ4n) is 4.61. The first-order valence-electron chi connectivity index (χ1n) is 9.57. The molecule has 0 spiro atoms. The highest BCUT2D eigenvalue weighted by molar-refractivity contribution is 5.82. The van der Waals surface area contributed by atoms with Crippen LogP contribution >= 0.6 is 0 Å². The van der Waals surface area contributed by atoms with E-state index in [0.29, 0.717) is 0 Å². The maximum Gasteiger partial charge on any atom is 0.246 e. The lowest BCUT2D eigenvalue weighted by Crippen LogP contribution is -2.43. The summed E-state index contributed by atoms with van der Waals surface area (Å²) in [5.74, 6) is 1.94. The van der Waals surface area contributed by atoms with E-state index >= 15 is 0 Å². The molecule has 136 valence electrons. The van der Waals surface area contributed by atoms with Gasteiger partial charge in [-0.05, 0) is 36.5 Å². The molecule has 3 heterocycles. The Balaban J connectivity index is 1.57. The highest BCUT2D eigenvalue weighted by Crippen LogP contribution is 2.38. The molecule has 2 aromatic carbocycles. The molecule has 0 saturated carbocycles. The highest BCUT2D eigenvalue weighted by Gasteiger charge is 2.39. The fourth-order valence-corrected chi connectivity index (χ4v) is 4.61. The third kappa shape index (κ3) is 2.57. The Hall–Kier alpha value is -2.95. The molecule has 5 nitrogen and oxygen atoms in total. The summed E-state index contributed by atoms with van der Waals surface area (Å²) in [6.45, 7) is 2.67. The molecule has 2 aliphatic heterocycles. The van der Waals surface area contributed by atoms with E-state index < -0.39 is 0 Å². The van der Waals surface area contributed by atoms with Crippen molar-refractivity contribution < 1.29 is 4.79 Å². The number of hydrogen-bond donors (Lipinski definition) is 0. The van der Waals surface area contributed by atoms with Crippen LogP contribution in [-0.4, -0.2) is 32.1 Å². The van der Waals surface area contributed by atoms with E-state index in [4.69, 9.17) is 0 Å². The molecule has 2 aliphatic rings. The molecule has 3 aromatic rings. The van der Waals surface area contributed by atoms with Crippen molar-refractivity contribution in [3.8, 4) is 0 Å². The van der Waals surface area contributed by atoms with E-state index in [0.717, 1.165) is 43.0 Å². The second kappa shape index (κ2) is 6.34.